The zero-order valence-electron chi connectivity index (χ0n) is 13.8. The summed E-state index contributed by atoms with van der Waals surface area (Å²) in [7, 11) is 3.07. The van der Waals surface area contributed by atoms with Crippen LogP contribution in [0.2, 0.25) is 0 Å². The van der Waals surface area contributed by atoms with E-state index in [0.717, 1.165) is 12.1 Å². The Morgan fingerprint density at radius 2 is 1.88 bits per heavy atom. The molecule has 2 rings (SSSR count). The Morgan fingerprint density at radius 3 is 2.50 bits per heavy atom. The Morgan fingerprint density at radius 1 is 1.12 bits per heavy atom. The van der Waals surface area contributed by atoms with Gasteiger partial charge in [-0.2, -0.15) is 0 Å². The molecule has 2 aromatic rings. The summed E-state index contributed by atoms with van der Waals surface area (Å²) in [5, 5.41) is 0. The molecule has 128 valence electrons. The molecule has 0 saturated carbocycles. The molecule has 24 heavy (non-hydrogen) atoms. The third-order valence-electron chi connectivity index (χ3n) is 3.48. The molecule has 6 heteroatoms. The fourth-order valence-corrected chi connectivity index (χ4v) is 2.28. The highest BCUT2D eigenvalue weighted by molar-refractivity contribution is 5.94. The number of ether oxygens (including phenoxy) is 2. The van der Waals surface area contributed by atoms with Gasteiger partial charge in [-0.25, -0.2) is 8.78 Å². The van der Waals surface area contributed by atoms with E-state index in [0.29, 0.717) is 23.7 Å². The topological polar surface area (TPSA) is 38.8 Å². The summed E-state index contributed by atoms with van der Waals surface area (Å²) < 4.78 is 37.3. The van der Waals surface area contributed by atoms with Gasteiger partial charge in [0.1, 0.15) is 11.6 Å². The van der Waals surface area contributed by atoms with Crippen molar-refractivity contribution in [2.45, 2.75) is 13.5 Å². The van der Waals surface area contributed by atoms with Crippen molar-refractivity contribution in [3.8, 4) is 11.5 Å². The number of carbonyl (C=O) groups excluding carboxylic acids is 1. The first-order chi connectivity index (χ1) is 11.5. The molecule has 0 spiro atoms. The number of benzene rings is 2. The summed E-state index contributed by atoms with van der Waals surface area (Å²) in [4.78, 5) is 13.9. The number of rotatable bonds is 6. The maximum absolute atomic E-state index is 13.7. The van der Waals surface area contributed by atoms with E-state index in [2.05, 4.69) is 0 Å². The molecule has 0 heterocycles. The number of halogens is 2. The molecule has 0 aromatic heterocycles. The number of hydrogen-bond donors (Lipinski definition) is 0. The Labute approximate surface area is 139 Å². The van der Waals surface area contributed by atoms with Gasteiger partial charge in [0, 0.05) is 30.8 Å². The van der Waals surface area contributed by atoms with Crippen LogP contribution in [-0.2, 0) is 6.54 Å². The SMILES string of the molecule is CCOc1cc(C(=O)N(C)Cc2ccc(F)cc2F)ccc1OC. The van der Waals surface area contributed by atoms with Crippen molar-refractivity contribution in [3.05, 3.63) is 59.2 Å². The van der Waals surface area contributed by atoms with Crippen molar-refractivity contribution >= 4 is 5.91 Å². The van der Waals surface area contributed by atoms with Crippen molar-refractivity contribution in [1.82, 2.24) is 4.90 Å². The average Bonchev–Trinajstić information content (AvgIpc) is 2.57. The predicted molar refractivity (Wildman–Crippen MR) is 86.3 cm³/mol. The Balaban J connectivity index is 2.19. The molecule has 2 aromatic carbocycles. The highest BCUT2D eigenvalue weighted by Gasteiger charge is 2.16. The molecule has 4 nitrogen and oxygen atoms in total. The minimum atomic E-state index is -0.681. The van der Waals surface area contributed by atoms with E-state index in [1.165, 1.54) is 18.1 Å². The maximum atomic E-state index is 13.7. The van der Waals surface area contributed by atoms with Crippen LogP contribution in [0.1, 0.15) is 22.8 Å². The highest BCUT2D eigenvalue weighted by Crippen LogP contribution is 2.28. The second-order valence-electron chi connectivity index (χ2n) is 5.20. The molecule has 1 amide bonds. The lowest BCUT2D eigenvalue weighted by atomic mass is 10.1. The molecular formula is C18H19F2NO3. The van der Waals surface area contributed by atoms with Crippen LogP contribution >= 0.6 is 0 Å². The number of amides is 1. The second-order valence-corrected chi connectivity index (χ2v) is 5.20. The first-order valence-corrected chi connectivity index (χ1v) is 7.46. The molecule has 0 N–H and O–H groups in total. The lowest BCUT2D eigenvalue weighted by Gasteiger charge is -2.19. The van der Waals surface area contributed by atoms with Gasteiger partial charge in [0.25, 0.3) is 5.91 Å². The first-order valence-electron chi connectivity index (χ1n) is 7.46. The highest BCUT2D eigenvalue weighted by atomic mass is 19.1. The molecule has 0 aliphatic heterocycles. The predicted octanol–water partition coefficient (Wildman–Crippen LogP) is 3.64. The lowest BCUT2D eigenvalue weighted by molar-refractivity contribution is 0.0783. The molecule has 0 aliphatic rings. The van der Waals surface area contributed by atoms with Crippen molar-refractivity contribution < 1.29 is 23.0 Å². The molecular weight excluding hydrogens is 316 g/mol. The van der Waals surface area contributed by atoms with Crippen LogP contribution in [0.4, 0.5) is 8.78 Å². The van der Waals surface area contributed by atoms with Gasteiger partial charge < -0.3 is 14.4 Å². The van der Waals surface area contributed by atoms with Gasteiger partial charge in [-0.1, -0.05) is 6.07 Å². The van der Waals surface area contributed by atoms with E-state index < -0.39 is 11.6 Å². The minimum absolute atomic E-state index is 0.0287. The van der Waals surface area contributed by atoms with Crippen LogP contribution in [0.25, 0.3) is 0 Å². The zero-order chi connectivity index (χ0) is 17.7. The summed E-state index contributed by atoms with van der Waals surface area (Å²) in [6.45, 7) is 2.29. The first kappa shape index (κ1) is 17.7. The Kier molecular flexibility index (Phi) is 5.73. The standard InChI is InChI=1S/C18H19F2NO3/c1-4-24-17-9-12(6-8-16(17)23-3)18(22)21(2)11-13-5-7-14(19)10-15(13)20/h5-10H,4,11H2,1-3H3. The van der Waals surface area contributed by atoms with Gasteiger partial charge in [-0.3, -0.25) is 4.79 Å². The molecule has 0 bridgehead atoms. The molecule has 0 atom stereocenters. The van der Waals surface area contributed by atoms with Crippen molar-refractivity contribution in [2.75, 3.05) is 20.8 Å². The van der Waals surface area contributed by atoms with Crippen molar-refractivity contribution in [2.24, 2.45) is 0 Å². The molecule has 0 unspecified atom stereocenters. The van der Waals surface area contributed by atoms with E-state index in [1.807, 2.05) is 6.92 Å². The van der Waals surface area contributed by atoms with Gasteiger partial charge in [0.15, 0.2) is 11.5 Å². The fourth-order valence-electron chi connectivity index (χ4n) is 2.28. The van der Waals surface area contributed by atoms with Gasteiger partial charge in [0.05, 0.1) is 13.7 Å². The van der Waals surface area contributed by atoms with Crippen molar-refractivity contribution in [3.63, 3.8) is 0 Å². The van der Waals surface area contributed by atoms with Crippen LogP contribution in [0.3, 0.4) is 0 Å². The fraction of sp³-hybridized carbons (Fsp3) is 0.278. The largest absolute Gasteiger partial charge is 0.493 e. The summed E-state index contributed by atoms with van der Waals surface area (Å²) in [6, 6.07) is 8.13. The summed E-state index contributed by atoms with van der Waals surface area (Å²) in [5.41, 5.74) is 0.634. The normalized spacial score (nSPS) is 10.4. The minimum Gasteiger partial charge on any atom is -0.493 e. The smallest absolute Gasteiger partial charge is 0.254 e. The van der Waals surface area contributed by atoms with Crippen molar-refractivity contribution in [1.29, 1.82) is 0 Å². The van der Waals surface area contributed by atoms with Crippen LogP contribution in [0, 0.1) is 11.6 Å². The van der Waals surface area contributed by atoms with Crippen LogP contribution in [0.15, 0.2) is 36.4 Å². The van der Waals surface area contributed by atoms with Gasteiger partial charge in [-0.05, 0) is 31.2 Å². The summed E-state index contributed by atoms with van der Waals surface area (Å²) in [5.74, 6) is -0.642. The Hall–Kier alpha value is -2.63. The van der Waals surface area contributed by atoms with Gasteiger partial charge in [0.2, 0.25) is 0 Å². The van der Waals surface area contributed by atoms with Gasteiger partial charge >= 0.3 is 0 Å². The van der Waals surface area contributed by atoms with E-state index in [-0.39, 0.29) is 18.0 Å². The number of hydrogen-bond acceptors (Lipinski definition) is 3. The van der Waals surface area contributed by atoms with E-state index in [9.17, 15) is 13.6 Å². The van der Waals surface area contributed by atoms with E-state index in [1.54, 1.807) is 25.2 Å². The van der Waals surface area contributed by atoms with Gasteiger partial charge in [-0.15, -0.1) is 0 Å². The maximum Gasteiger partial charge on any atom is 0.254 e. The zero-order valence-corrected chi connectivity index (χ0v) is 13.8. The van der Waals surface area contributed by atoms with E-state index in [4.69, 9.17) is 9.47 Å². The van der Waals surface area contributed by atoms with Crippen LogP contribution < -0.4 is 9.47 Å². The van der Waals surface area contributed by atoms with Crippen LogP contribution in [-0.4, -0.2) is 31.6 Å². The molecule has 0 saturated heterocycles. The molecule has 0 radical (unpaired) electrons. The summed E-state index contributed by atoms with van der Waals surface area (Å²) in [6.07, 6.45) is 0. The third kappa shape index (κ3) is 4.01. The quantitative estimate of drug-likeness (QED) is 0.809. The monoisotopic (exact) mass is 335 g/mol. The third-order valence-corrected chi connectivity index (χ3v) is 3.48. The Bertz CT molecular complexity index is 734. The van der Waals surface area contributed by atoms with Crippen LogP contribution in [0.5, 0.6) is 11.5 Å². The number of methoxy groups -OCH3 is 1. The number of carbonyl (C=O) groups is 1. The molecule has 0 aliphatic carbocycles. The number of nitrogens with zero attached hydrogens (tertiary/aromatic N) is 1. The lowest BCUT2D eigenvalue weighted by Crippen LogP contribution is -2.26. The summed E-state index contributed by atoms with van der Waals surface area (Å²) >= 11 is 0. The molecule has 0 fully saturated rings. The second kappa shape index (κ2) is 7.77. The average molecular weight is 335 g/mol. The van der Waals surface area contributed by atoms with E-state index >= 15 is 0 Å².